The monoisotopic (exact) mass is 252 g/mol. The molecule has 2 heteroatoms. The smallest absolute Gasteiger partial charge is 0.0334 e. The molecule has 1 saturated carbocycles. The van der Waals surface area contributed by atoms with Gasteiger partial charge in [0.05, 0.1) is 0 Å². The van der Waals surface area contributed by atoms with Crippen molar-refractivity contribution < 1.29 is 0 Å². The van der Waals surface area contributed by atoms with Crippen molar-refractivity contribution in [2.75, 3.05) is 13.1 Å². The van der Waals surface area contributed by atoms with E-state index in [2.05, 4.69) is 18.7 Å². The van der Waals surface area contributed by atoms with Gasteiger partial charge in [-0.1, -0.05) is 32.6 Å². The molecule has 3 unspecified atom stereocenters. The number of hydrogen-bond donors (Lipinski definition) is 1. The molecule has 1 aliphatic carbocycles. The van der Waals surface area contributed by atoms with Crippen molar-refractivity contribution in [2.45, 2.75) is 83.2 Å². The van der Waals surface area contributed by atoms with Crippen molar-refractivity contribution in [1.29, 1.82) is 0 Å². The van der Waals surface area contributed by atoms with Crippen molar-refractivity contribution >= 4 is 0 Å². The molecule has 0 aromatic carbocycles. The first kappa shape index (κ1) is 14.3. The normalized spacial score (nSPS) is 40.2. The van der Waals surface area contributed by atoms with Crippen LogP contribution in [0.25, 0.3) is 0 Å². The molecule has 0 bridgehead atoms. The first-order valence-electron chi connectivity index (χ1n) is 8.15. The van der Waals surface area contributed by atoms with Crippen LogP contribution in [0.1, 0.15) is 71.6 Å². The molecular formula is C16H32N2. The SMILES string of the molecule is CC1CCCC(CN)(N2CCCCCC2C)CC1. The van der Waals surface area contributed by atoms with E-state index in [0.717, 1.165) is 18.5 Å². The average molecular weight is 252 g/mol. The third-order valence-electron chi connectivity index (χ3n) is 5.48. The van der Waals surface area contributed by atoms with Crippen LogP contribution in [0.15, 0.2) is 0 Å². The van der Waals surface area contributed by atoms with E-state index in [1.165, 1.54) is 64.3 Å². The maximum absolute atomic E-state index is 6.26. The van der Waals surface area contributed by atoms with Gasteiger partial charge in [0.2, 0.25) is 0 Å². The van der Waals surface area contributed by atoms with Crippen LogP contribution in [0, 0.1) is 5.92 Å². The van der Waals surface area contributed by atoms with Crippen molar-refractivity contribution in [3.63, 3.8) is 0 Å². The van der Waals surface area contributed by atoms with E-state index in [1.54, 1.807) is 0 Å². The summed E-state index contributed by atoms with van der Waals surface area (Å²) in [5.74, 6) is 0.903. The predicted molar refractivity (Wildman–Crippen MR) is 78.7 cm³/mol. The van der Waals surface area contributed by atoms with Gasteiger partial charge in [0.25, 0.3) is 0 Å². The number of nitrogens with two attached hydrogens (primary N) is 1. The summed E-state index contributed by atoms with van der Waals surface area (Å²) in [4.78, 5) is 2.80. The highest BCUT2D eigenvalue weighted by Gasteiger charge is 2.39. The summed E-state index contributed by atoms with van der Waals surface area (Å²) in [7, 11) is 0. The molecular weight excluding hydrogens is 220 g/mol. The molecule has 2 N–H and O–H groups in total. The minimum absolute atomic E-state index is 0.328. The van der Waals surface area contributed by atoms with Gasteiger partial charge in [-0.2, -0.15) is 0 Å². The number of hydrogen-bond acceptors (Lipinski definition) is 2. The van der Waals surface area contributed by atoms with Crippen molar-refractivity contribution in [3.8, 4) is 0 Å². The molecule has 2 aliphatic rings. The molecule has 2 rings (SSSR count). The molecule has 0 amide bonds. The van der Waals surface area contributed by atoms with Gasteiger partial charge in [0, 0.05) is 18.1 Å². The summed E-state index contributed by atoms with van der Waals surface area (Å²) in [5, 5.41) is 0. The van der Waals surface area contributed by atoms with E-state index in [-0.39, 0.29) is 0 Å². The van der Waals surface area contributed by atoms with Gasteiger partial charge in [-0.15, -0.1) is 0 Å². The van der Waals surface area contributed by atoms with Crippen LogP contribution in [0.5, 0.6) is 0 Å². The summed E-state index contributed by atoms with van der Waals surface area (Å²) >= 11 is 0. The van der Waals surface area contributed by atoms with Gasteiger partial charge in [-0.25, -0.2) is 0 Å². The molecule has 0 radical (unpaired) electrons. The van der Waals surface area contributed by atoms with Gasteiger partial charge < -0.3 is 5.73 Å². The topological polar surface area (TPSA) is 29.3 Å². The zero-order chi connectivity index (χ0) is 13.0. The van der Waals surface area contributed by atoms with Gasteiger partial charge in [-0.3, -0.25) is 4.90 Å². The van der Waals surface area contributed by atoms with Crippen LogP contribution in [0.3, 0.4) is 0 Å². The predicted octanol–water partition coefficient (Wildman–Crippen LogP) is 3.55. The van der Waals surface area contributed by atoms with Crippen molar-refractivity contribution in [3.05, 3.63) is 0 Å². The fourth-order valence-corrected chi connectivity index (χ4v) is 4.15. The van der Waals surface area contributed by atoms with Gasteiger partial charge >= 0.3 is 0 Å². The molecule has 1 aliphatic heterocycles. The Balaban J connectivity index is 2.13. The fraction of sp³-hybridized carbons (Fsp3) is 1.00. The second kappa shape index (κ2) is 6.38. The summed E-state index contributed by atoms with van der Waals surface area (Å²) in [6, 6.07) is 0.740. The van der Waals surface area contributed by atoms with E-state index < -0.39 is 0 Å². The molecule has 3 atom stereocenters. The van der Waals surface area contributed by atoms with Crippen LogP contribution in [0.4, 0.5) is 0 Å². The first-order valence-corrected chi connectivity index (χ1v) is 8.15. The Morgan fingerprint density at radius 2 is 1.83 bits per heavy atom. The summed E-state index contributed by atoms with van der Waals surface area (Å²) in [6.45, 7) is 6.99. The average Bonchev–Trinajstić information content (AvgIpc) is 2.69. The number of rotatable bonds is 2. The van der Waals surface area contributed by atoms with Crippen LogP contribution in [-0.4, -0.2) is 29.6 Å². The maximum atomic E-state index is 6.26. The molecule has 106 valence electrons. The molecule has 18 heavy (non-hydrogen) atoms. The second-order valence-electron chi connectivity index (χ2n) is 6.86. The lowest BCUT2D eigenvalue weighted by Gasteiger charge is -2.46. The summed E-state index contributed by atoms with van der Waals surface area (Å²) in [5.41, 5.74) is 6.58. The summed E-state index contributed by atoms with van der Waals surface area (Å²) in [6.07, 6.45) is 12.4. The molecule has 0 spiro atoms. The van der Waals surface area contributed by atoms with Gasteiger partial charge in [-0.05, 0) is 51.5 Å². The Morgan fingerprint density at radius 1 is 1.00 bits per heavy atom. The van der Waals surface area contributed by atoms with Crippen LogP contribution >= 0.6 is 0 Å². The largest absolute Gasteiger partial charge is 0.329 e. The van der Waals surface area contributed by atoms with Gasteiger partial charge in [0.15, 0.2) is 0 Å². The van der Waals surface area contributed by atoms with Crippen LogP contribution < -0.4 is 5.73 Å². The lowest BCUT2D eigenvalue weighted by molar-refractivity contribution is 0.0432. The lowest BCUT2D eigenvalue weighted by Crippen LogP contribution is -2.56. The Morgan fingerprint density at radius 3 is 2.61 bits per heavy atom. The molecule has 0 aromatic rings. The van der Waals surface area contributed by atoms with Crippen LogP contribution in [-0.2, 0) is 0 Å². The van der Waals surface area contributed by atoms with E-state index in [4.69, 9.17) is 5.73 Å². The highest BCUT2D eigenvalue weighted by Crippen LogP contribution is 2.37. The van der Waals surface area contributed by atoms with Crippen molar-refractivity contribution in [1.82, 2.24) is 4.90 Å². The third kappa shape index (κ3) is 3.08. The molecule has 2 nitrogen and oxygen atoms in total. The Kier molecular flexibility index (Phi) is 5.08. The highest BCUT2D eigenvalue weighted by atomic mass is 15.2. The third-order valence-corrected chi connectivity index (χ3v) is 5.48. The van der Waals surface area contributed by atoms with Crippen molar-refractivity contribution in [2.24, 2.45) is 11.7 Å². The molecule has 1 saturated heterocycles. The first-order chi connectivity index (χ1) is 8.68. The standard InChI is InChI=1S/C16H32N2/c1-14-7-6-10-16(13-17,11-9-14)18-12-5-3-4-8-15(18)2/h14-15H,3-13,17H2,1-2H3. The number of nitrogens with zero attached hydrogens (tertiary/aromatic N) is 1. The Bertz CT molecular complexity index is 253. The van der Waals surface area contributed by atoms with E-state index in [9.17, 15) is 0 Å². The minimum Gasteiger partial charge on any atom is -0.329 e. The quantitative estimate of drug-likeness (QED) is 0.762. The van der Waals surface area contributed by atoms with Crippen LogP contribution in [0.2, 0.25) is 0 Å². The maximum Gasteiger partial charge on any atom is 0.0334 e. The van der Waals surface area contributed by atoms with E-state index in [1.807, 2.05) is 0 Å². The highest BCUT2D eigenvalue weighted by molar-refractivity contribution is 4.96. The molecule has 0 aromatic heterocycles. The Labute approximate surface area is 113 Å². The lowest BCUT2D eigenvalue weighted by atomic mass is 9.86. The summed E-state index contributed by atoms with van der Waals surface area (Å²) < 4.78 is 0. The zero-order valence-electron chi connectivity index (χ0n) is 12.5. The Hall–Kier alpha value is -0.0800. The van der Waals surface area contributed by atoms with Gasteiger partial charge in [0.1, 0.15) is 0 Å². The van der Waals surface area contributed by atoms with E-state index >= 15 is 0 Å². The zero-order valence-corrected chi connectivity index (χ0v) is 12.5. The second-order valence-corrected chi connectivity index (χ2v) is 6.86. The van der Waals surface area contributed by atoms with E-state index in [0.29, 0.717) is 5.54 Å². The minimum atomic E-state index is 0.328. The molecule has 2 fully saturated rings. The number of likely N-dealkylation sites (tertiary alicyclic amines) is 1. The fourth-order valence-electron chi connectivity index (χ4n) is 4.15. The molecule has 1 heterocycles.